The van der Waals surface area contributed by atoms with E-state index >= 15 is 0 Å². The number of rotatable bonds is 5. The second-order valence-electron chi connectivity index (χ2n) is 7.14. The highest BCUT2D eigenvalue weighted by Crippen LogP contribution is 2.28. The summed E-state index contributed by atoms with van der Waals surface area (Å²) in [5.74, 6) is 4.19. The molecule has 0 unspecified atom stereocenters. The summed E-state index contributed by atoms with van der Waals surface area (Å²) in [6, 6.07) is 4.04. The van der Waals surface area contributed by atoms with Crippen LogP contribution < -0.4 is 4.90 Å². The van der Waals surface area contributed by atoms with E-state index in [0.717, 1.165) is 61.3 Å². The molecule has 142 valence electrons. The van der Waals surface area contributed by atoms with Crippen LogP contribution in [0.3, 0.4) is 0 Å². The van der Waals surface area contributed by atoms with Crippen molar-refractivity contribution < 1.29 is 0 Å². The van der Waals surface area contributed by atoms with Crippen molar-refractivity contribution in [2.24, 2.45) is 7.05 Å². The predicted molar refractivity (Wildman–Crippen MR) is 103 cm³/mol. The minimum Gasteiger partial charge on any atom is -0.356 e. The topological polar surface area (TPSA) is 77.5 Å². The normalized spacial score (nSPS) is 17.4. The molecule has 4 rings (SSSR count). The standard InChI is InChI=1S/C19H26N8/c1-4-16-11-17(22-14(2)21-16)26-9-5-7-15(12-26)19-24-23-18(25(19)3)13-27-10-6-8-20-27/h6,8,10-11,15H,4-5,7,9,12-13H2,1-3H3/t15-/m1/s1. The van der Waals surface area contributed by atoms with Gasteiger partial charge in [0.25, 0.3) is 0 Å². The molecule has 3 aromatic rings. The Bertz CT molecular complexity index is 899. The minimum absolute atomic E-state index is 0.350. The molecule has 0 N–H and O–H groups in total. The fourth-order valence-electron chi connectivity index (χ4n) is 3.76. The molecule has 0 bridgehead atoms. The fourth-order valence-corrected chi connectivity index (χ4v) is 3.76. The molecule has 1 aliphatic heterocycles. The Morgan fingerprint density at radius 1 is 1.22 bits per heavy atom. The second-order valence-corrected chi connectivity index (χ2v) is 7.14. The van der Waals surface area contributed by atoms with E-state index < -0.39 is 0 Å². The number of aryl methyl sites for hydroxylation is 2. The lowest BCUT2D eigenvalue weighted by Crippen LogP contribution is -2.36. The third-order valence-corrected chi connectivity index (χ3v) is 5.21. The predicted octanol–water partition coefficient (Wildman–Crippen LogP) is 2.10. The van der Waals surface area contributed by atoms with Gasteiger partial charge in [0.1, 0.15) is 24.0 Å². The largest absolute Gasteiger partial charge is 0.356 e. The van der Waals surface area contributed by atoms with Gasteiger partial charge in [-0.1, -0.05) is 6.92 Å². The van der Waals surface area contributed by atoms with Gasteiger partial charge in [-0.3, -0.25) is 4.68 Å². The van der Waals surface area contributed by atoms with Crippen molar-refractivity contribution in [3.05, 3.63) is 47.7 Å². The van der Waals surface area contributed by atoms with Crippen LogP contribution in [0.5, 0.6) is 0 Å². The maximum atomic E-state index is 4.67. The van der Waals surface area contributed by atoms with Crippen LogP contribution >= 0.6 is 0 Å². The smallest absolute Gasteiger partial charge is 0.154 e. The number of aromatic nitrogens is 7. The summed E-state index contributed by atoms with van der Waals surface area (Å²) in [7, 11) is 2.05. The number of piperidine rings is 1. The van der Waals surface area contributed by atoms with Crippen molar-refractivity contribution >= 4 is 5.82 Å². The number of hydrogen-bond acceptors (Lipinski definition) is 6. The maximum Gasteiger partial charge on any atom is 0.154 e. The van der Waals surface area contributed by atoms with Crippen LogP contribution in [0.2, 0.25) is 0 Å². The maximum absolute atomic E-state index is 4.67. The minimum atomic E-state index is 0.350. The van der Waals surface area contributed by atoms with Gasteiger partial charge < -0.3 is 9.47 Å². The Morgan fingerprint density at radius 3 is 2.89 bits per heavy atom. The molecule has 0 radical (unpaired) electrons. The lowest BCUT2D eigenvalue weighted by atomic mass is 9.97. The first kappa shape index (κ1) is 17.6. The molecule has 1 aliphatic rings. The molecule has 4 heterocycles. The molecule has 1 fully saturated rings. The zero-order valence-electron chi connectivity index (χ0n) is 16.2. The highest BCUT2D eigenvalue weighted by molar-refractivity contribution is 5.41. The molecule has 0 spiro atoms. The van der Waals surface area contributed by atoms with E-state index in [4.69, 9.17) is 0 Å². The third kappa shape index (κ3) is 3.70. The van der Waals surface area contributed by atoms with Crippen molar-refractivity contribution in [2.45, 2.75) is 45.6 Å². The summed E-state index contributed by atoms with van der Waals surface area (Å²) in [4.78, 5) is 11.5. The van der Waals surface area contributed by atoms with Gasteiger partial charge >= 0.3 is 0 Å². The zero-order valence-corrected chi connectivity index (χ0v) is 16.2. The first-order valence-electron chi connectivity index (χ1n) is 9.59. The molecule has 0 aromatic carbocycles. The van der Waals surface area contributed by atoms with Gasteiger partial charge in [-0.15, -0.1) is 10.2 Å². The first-order chi connectivity index (χ1) is 13.1. The zero-order chi connectivity index (χ0) is 18.8. The highest BCUT2D eigenvalue weighted by atomic mass is 15.3. The molecule has 0 aliphatic carbocycles. The Kier molecular flexibility index (Phi) is 4.87. The lowest BCUT2D eigenvalue weighted by Gasteiger charge is -2.33. The van der Waals surface area contributed by atoms with Crippen LogP contribution in [-0.4, -0.2) is 47.6 Å². The van der Waals surface area contributed by atoms with Crippen molar-refractivity contribution in [1.29, 1.82) is 0 Å². The van der Waals surface area contributed by atoms with Crippen molar-refractivity contribution in [3.63, 3.8) is 0 Å². The number of hydrogen-bond donors (Lipinski definition) is 0. The average Bonchev–Trinajstić information content (AvgIpc) is 3.32. The van der Waals surface area contributed by atoms with Crippen molar-refractivity contribution in [2.75, 3.05) is 18.0 Å². The fraction of sp³-hybridized carbons (Fsp3) is 0.526. The van der Waals surface area contributed by atoms with Crippen LogP contribution in [0, 0.1) is 6.92 Å². The SMILES string of the molecule is CCc1cc(N2CCC[C@@H](c3nnc(Cn4cccn4)n3C)C2)nc(C)n1. The summed E-state index contributed by atoms with van der Waals surface area (Å²) in [5, 5.41) is 13.2. The lowest BCUT2D eigenvalue weighted by molar-refractivity contribution is 0.474. The molecular formula is C19H26N8. The quantitative estimate of drug-likeness (QED) is 0.688. The Labute approximate surface area is 159 Å². The molecule has 8 heteroatoms. The number of nitrogens with zero attached hydrogens (tertiary/aromatic N) is 8. The van der Waals surface area contributed by atoms with Crippen LogP contribution in [0.1, 0.15) is 48.9 Å². The van der Waals surface area contributed by atoms with E-state index in [1.165, 1.54) is 0 Å². The Hall–Kier alpha value is -2.77. The van der Waals surface area contributed by atoms with Crippen molar-refractivity contribution in [1.82, 2.24) is 34.5 Å². The molecular weight excluding hydrogens is 340 g/mol. The summed E-state index contributed by atoms with van der Waals surface area (Å²) < 4.78 is 4.00. The van der Waals surface area contributed by atoms with E-state index in [1.54, 1.807) is 6.20 Å². The molecule has 0 saturated carbocycles. The summed E-state index contributed by atoms with van der Waals surface area (Å²) >= 11 is 0. The van der Waals surface area contributed by atoms with Gasteiger partial charge in [-0.25, -0.2) is 9.97 Å². The molecule has 27 heavy (non-hydrogen) atoms. The molecule has 8 nitrogen and oxygen atoms in total. The van der Waals surface area contributed by atoms with Crippen LogP contribution in [-0.2, 0) is 20.0 Å². The summed E-state index contributed by atoms with van der Waals surface area (Å²) in [6.07, 6.45) is 6.89. The van der Waals surface area contributed by atoms with Gasteiger partial charge in [0.05, 0.1) is 0 Å². The second kappa shape index (κ2) is 7.46. The van der Waals surface area contributed by atoms with E-state index in [0.29, 0.717) is 12.5 Å². The molecule has 1 saturated heterocycles. The molecule has 1 atom stereocenters. The van der Waals surface area contributed by atoms with Crippen LogP contribution in [0.4, 0.5) is 5.82 Å². The van der Waals surface area contributed by atoms with Crippen LogP contribution in [0.25, 0.3) is 0 Å². The van der Waals surface area contributed by atoms with Gasteiger partial charge in [0.2, 0.25) is 0 Å². The average molecular weight is 366 g/mol. The van der Waals surface area contributed by atoms with E-state index in [1.807, 2.05) is 23.9 Å². The van der Waals surface area contributed by atoms with Crippen LogP contribution in [0.15, 0.2) is 24.5 Å². The molecule has 3 aromatic heterocycles. The monoisotopic (exact) mass is 366 g/mol. The first-order valence-corrected chi connectivity index (χ1v) is 9.59. The third-order valence-electron chi connectivity index (χ3n) is 5.21. The van der Waals surface area contributed by atoms with Gasteiger partial charge in [0, 0.05) is 50.2 Å². The van der Waals surface area contributed by atoms with E-state index in [2.05, 4.69) is 54.8 Å². The number of anilines is 1. The van der Waals surface area contributed by atoms with Gasteiger partial charge in [-0.05, 0) is 32.3 Å². The highest BCUT2D eigenvalue weighted by Gasteiger charge is 2.27. The summed E-state index contributed by atoms with van der Waals surface area (Å²) in [5.41, 5.74) is 1.10. The van der Waals surface area contributed by atoms with Gasteiger partial charge in [-0.2, -0.15) is 5.10 Å². The van der Waals surface area contributed by atoms with Gasteiger partial charge in [0.15, 0.2) is 5.82 Å². The molecule has 0 amide bonds. The van der Waals surface area contributed by atoms with E-state index in [-0.39, 0.29) is 0 Å². The Balaban J connectivity index is 1.53. The summed E-state index contributed by atoms with van der Waals surface area (Å²) in [6.45, 7) is 6.67. The van der Waals surface area contributed by atoms with Crippen molar-refractivity contribution in [3.8, 4) is 0 Å². The van der Waals surface area contributed by atoms with E-state index in [9.17, 15) is 0 Å². The Morgan fingerprint density at radius 2 is 2.11 bits per heavy atom.